The number of aromatic nitrogens is 3. The molecular weight excluding hydrogens is 296 g/mol. The van der Waals surface area contributed by atoms with E-state index >= 15 is 0 Å². The van der Waals surface area contributed by atoms with Gasteiger partial charge in [-0.05, 0) is 43.4 Å². The number of aryl methyl sites for hydroxylation is 1. The lowest BCUT2D eigenvalue weighted by atomic mass is 10.0. The smallest absolute Gasteiger partial charge is 0.326 e. The van der Waals surface area contributed by atoms with Crippen molar-refractivity contribution in [1.29, 1.82) is 0 Å². The van der Waals surface area contributed by atoms with Gasteiger partial charge < -0.3 is 9.88 Å². The fourth-order valence-corrected chi connectivity index (χ4v) is 3.02. The molecule has 3 rings (SSSR count). The Hall–Kier alpha value is -2.70. The summed E-state index contributed by atoms with van der Waals surface area (Å²) in [6, 6.07) is 5.20. The van der Waals surface area contributed by atoms with Gasteiger partial charge in [0.1, 0.15) is 5.69 Å². The summed E-state index contributed by atoms with van der Waals surface area (Å²) in [5, 5.41) is 0. The number of carbonyl (C=O) groups is 1. The maximum absolute atomic E-state index is 12.6. The van der Waals surface area contributed by atoms with Crippen LogP contribution in [0.1, 0.15) is 35.3 Å². The zero-order valence-corrected chi connectivity index (χ0v) is 12.6. The van der Waals surface area contributed by atoms with Crippen LogP contribution in [0, 0.1) is 0 Å². The number of likely N-dealkylation sites (tertiary alicyclic amines) is 1. The van der Waals surface area contributed by atoms with E-state index in [1.54, 1.807) is 17.3 Å². The zero-order valence-electron chi connectivity index (χ0n) is 12.6. The Morgan fingerprint density at radius 1 is 1.26 bits per heavy atom. The van der Waals surface area contributed by atoms with Crippen molar-refractivity contribution in [3.8, 4) is 0 Å². The third-order valence-electron chi connectivity index (χ3n) is 4.14. The number of amides is 1. The van der Waals surface area contributed by atoms with E-state index < -0.39 is 11.2 Å². The monoisotopic (exact) mass is 314 g/mol. The Morgan fingerprint density at radius 3 is 2.78 bits per heavy atom. The van der Waals surface area contributed by atoms with Crippen molar-refractivity contribution in [3.05, 3.63) is 62.7 Å². The Kier molecular flexibility index (Phi) is 4.36. The van der Waals surface area contributed by atoms with Gasteiger partial charge in [-0.15, -0.1) is 0 Å². The Bertz CT molecular complexity index is 768. The molecule has 3 heterocycles. The number of nitrogens with zero attached hydrogens (tertiary/aromatic N) is 2. The van der Waals surface area contributed by atoms with Crippen molar-refractivity contribution in [2.24, 2.45) is 0 Å². The molecule has 0 aliphatic carbocycles. The van der Waals surface area contributed by atoms with Gasteiger partial charge in [-0.3, -0.25) is 19.6 Å². The molecule has 0 aromatic carbocycles. The van der Waals surface area contributed by atoms with E-state index in [4.69, 9.17) is 0 Å². The Morgan fingerprint density at radius 2 is 2.04 bits per heavy atom. The van der Waals surface area contributed by atoms with E-state index in [2.05, 4.69) is 15.0 Å². The highest BCUT2D eigenvalue weighted by Gasteiger charge is 2.29. The van der Waals surface area contributed by atoms with Crippen LogP contribution in [0.25, 0.3) is 0 Å². The van der Waals surface area contributed by atoms with Crippen LogP contribution in [-0.4, -0.2) is 38.3 Å². The van der Waals surface area contributed by atoms with Gasteiger partial charge >= 0.3 is 5.69 Å². The largest absolute Gasteiger partial charge is 0.334 e. The molecule has 0 bridgehead atoms. The first-order chi connectivity index (χ1) is 11.1. The molecule has 2 N–H and O–H groups in total. The maximum atomic E-state index is 12.6. The minimum Gasteiger partial charge on any atom is -0.334 e. The van der Waals surface area contributed by atoms with Crippen LogP contribution < -0.4 is 11.2 Å². The quantitative estimate of drug-likeness (QED) is 0.867. The SMILES string of the molecule is O=C(c1cc(=O)[nH]c(=O)[nH]1)N1CCC[C@@H]1CCc1ccncc1. The summed E-state index contributed by atoms with van der Waals surface area (Å²) >= 11 is 0. The van der Waals surface area contributed by atoms with Crippen molar-refractivity contribution in [1.82, 2.24) is 19.9 Å². The minimum atomic E-state index is -0.659. The van der Waals surface area contributed by atoms with Crippen LogP contribution in [0.4, 0.5) is 0 Å². The lowest BCUT2D eigenvalue weighted by Gasteiger charge is -2.24. The molecule has 2 aromatic rings. The Labute approximate surface area is 132 Å². The number of carbonyl (C=O) groups excluding carboxylic acids is 1. The van der Waals surface area contributed by atoms with Crippen molar-refractivity contribution in [2.75, 3.05) is 6.54 Å². The topological polar surface area (TPSA) is 98.9 Å². The molecule has 2 aromatic heterocycles. The summed E-state index contributed by atoms with van der Waals surface area (Å²) < 4.78 is 0. The van der Waals surface area contributed by atoms with Gasteiger partial charge in [-0.1, -0.05) is 0 Å². The second-order valence-electron chi connectivity index (χ2n) is 5.69. The third-order valence-corrected chi connectivity index (χ3v) is 4.14. The summed E-state index contributed by atoms with van der Waals surface area (Å²) in [5.41, 5.74) is 0.0106. The van der Waals surface area contributed by atoms with Gasteiger partial charge in [-0.2, -0.15) is 0 Å². The first-order valence-electron chi connectivity index (χ1n) is 7.67. The average Bonchev–Trinajstić information content (AvgIpc) is 3.00. The zero-order chi connectivity index (χ0) is 16.2. The Balaban J connectivity index is 1.72. The van der Waals surface area contributed by atoms with Crippen LogP contribution in [0.2, 0.25) is 0 Å². The molecule has 1 amide bonds. The van der Waals surface area contributed by atoms with Gasteiger partial charge in [0.15, 0.2) is 0 Å². The van der Waals surface area contributed by atoms with Gasteiger partial charge in [-0.25, -0.2) is 4.79 Å². The van der Waals surface area contributed by atoms with Crippen molar-refractivity contribution < 1.29 is 4.79 Å². The second-order valence-corrected chi connectivity index (χ2v) is 5.69. The molecule has 0 saturated carbocycles. The highest BCUT2D eigenvalue weighted by Crippen LogP contribution is 2.23. The third kappa shape index (κ3) is 3.56. The van der Waals surface area contributed by atoms with Crippen LogP contribution in [0.15, 0.2) is 40.2 Å². The highest BCUT2D eigenvalue weighted by molar-refractivity contribution is 5.92. The molecule has 0 unspecified atom stereocenters. The van der Waals surface area contributed by atoms with E-state index in [0.29, 0.717) is 6.54 Å². The molecular formula is C16H18N4O3. The molecule has 7 heteroatoms. The van der Waals surface area contributed by atoms with Gasteiger partial charge in [0.2, 0.25) is 0 Å². The number of aromatic amines is 2. The van der Waals surface area contributed by atoms with E-state index in [-0.39, 0.29) is 17.6 Å². The number of hydrogen-bond acceptors (Lipinski definition) is 4. The molecule has 120 valence electrons. The molecule has 1 fully saturated rings. The summed E-state index contributed by atoms with van der Waals surface area (Å²) in [4.78, 5) is 45.5. The lowest BCUT2D eigenvalue weighted by molar-refractivity contribution is 0.0724. The van der Waals surface area contributed by atoms with Crippen molar-refractivity contribution in [3.63, 3.8) is 0 Å². The fraction of sp³-hybridized carbons (Fsp3) is 0.375. The molecule has 0 spiro atoms. The standard InChI is InChI=1S/C16H18N4O3/c21-14-10-13(18-16(23)19-14)15(22)20-9-1-2-12(20)4-3-11-5-7-17-8-6-11/h5-8,10,12H,1-4,9H2,(H2,18,19,21,23)/t12-/m1/s1. The summed E-state index contributed by atoms with van der Waals surface area (Å²) in [6.45, 7) is 0.647. The van der Waals surface area contributed by atoms with E-state index in [9.17, 15) is 14.4 Å². The van der Waals surface area contributed by atoms with Gasteiger partial charge in [0, 0.05) is 31.0 Å². The average molecular weight is 314 g/mol. The highest BCUT2D eigenvalue weighted by atomic mass is 16.2. The predicted molar refractivity (Wildman–Crippen MR) is 84.3 cm³/mol. The van der Waals surface area contributed by atoms with E-state index in [1.165, 1.54) is 5.56 Å². The number of hydrogen-bond donors (Lipinski definition) is 2. The fourth-order valence-electron chi connectivity index (χ4n) is 3.02. The number of nitrogens with one attached hydrogen (secondary N) is 2. The second kappa shape index (κ2) is 6.60. The first-order valence-corrected chi connectivity index (χ1v) is 7.67. The lowest BCUT2D eigenvalue weighted by Crippen LogP contribution is -2.38. The van der Waals surface area contributed by atoms with Crippen LogP contribution >= 0.6 is 0 Å². The summed E-state index contributed by atoms with van der Waals surface area (Å²) in [5.74, 6) is -0.287. The summed E-state index contributed by atoms with van der Waals surface area (Å²) in [7, 11) is 0. The minimum absolute atomic E-state index is 0.0505. The maximum Gasteiger partial charge on any atom is 0.326 e. The van der Waals surface area contributed by atoms with Crippen LogP contribution in [0.3, 0.4) is 0 Å². The molecule has 1 aliphatic rings. The van der Waals surface area contributed by atoms with Gasteiger partial charge in [0.05, 0.1) is 0 Å². The first kappa shape index (κ1) is 15.2. The van der Waals surface area contributed by atoms with Crippen molar-refractivity contribution >= 4 is 5.91 Å². The molecule has 1 saturated heterocycles. The molecule has 0 radical (unpaired) electrons. The van der Waals surface area contributed by atoms with E-state index in [0.717, 1.165) is 31.7 Å². The predicted octanol–water partition coefficient (Wildman–Crippen LogP) is 0.696. The molecule has 23 heavy (non-hydrogen) atoms. The normalized spacial score (nSPS) is 17.4. The number of pyridine rings is 1. The molecule has 1 atom stereocenters. The molecule has 1 aliphatic heterocycles. The number of rotatable bonds is 4. The number of H-pyrrole nitrogens is 2. The van der Waals surface area contributed by atoms with Crippen LogP contribution in [0.5, 0.6) is 0 Å². The summed E-state index contributed by atoms with van der Waals surface area (Å²) in [6.07, 6.45) is 7.10. The molecule has 7 nitrogen and oxygen atoms in total. The van der Waals surface area contributed by atoms with Gasteiger partial charge in [0.25, 0.3) is 11.5 Å². The van der Waals surface area contributed by atoms with E-state index in [1.807, 2.05) is 12.1 Å². The van der Waals surface area contributed by atoms with Crippen molar-refractivity contribution in [2.45, 2.75) is 31.7 Å². The van der Waals surface area contributed by atoms with Crippen LogP contribution in [-0.2, 0) is 6.42 Å².